The number of carbonyl (C=O) groups excluding carboxylic acids is 4. The number of methoxy groups -OCH3 is 1. The molecule has 3 N–H and O–H groups in total. The molecule has 0 aliphatic carbocycles. The molecule has 3 saturated heterocycles. The van der Waals surface area contributed by atoms with Crippen molar-refractivity contribution >= 4 is 37.7 Å². The van der Waals surface area contributed by atoms with Crippen LogP contribution in [0.1, 0.15) is 95.4 Å². The van der Waals surface area contributed by atoms with Crippen molar-refractivity contribution in [3.63, 3.8) is 0 Å². The van der Waals surface area contributed by atoms with E-state index in [9.17, 15) is 24.4 Å². The third-order valence-corrected chi connectivity index (χ3v) is 17.7. The standard InChI is InChI=1S/C39H69N3O11Si/c1-15-27-39(11)29(28(34(40)41-47)36(46)52-39)23(7)30(43)21(5)20-38(10,48-14)33(24(8)31(44)25(9)35(45)50-27)51-37-32(53-54(16-2,17-3)18-4)26(42(12)13)19-22(6)49-37/h21-29,32-33,37,47H,15-20H2,1-14H3,(H2,40,41)/t21-,22+,23-,24+,25-,26+,27+,28-,29+,32-,33-,37+,38-,39-/m1/s1. The number of esters is 2. The van der Waals surface area contributed by atoms with Crippen molar-refractivity contribution in [2.24, 2.45) is 46.4 Å². The normalized spacial score (nSPS) is 40.6. The highest BCUT2D eigenvalue weighted by molar-refractivity contribution is 6.73. The Kier molecular flexibility index (Phi) is 15.5. The van der Waals surface area contributed by atoms with Crippen LogP contribution in [0.5, 0.6) is 0 Å². The average Bonchev–Trinajstić information content (AvgIpc) is 3.42. The number of rotatable bonds is 11. The Balaban J connectivity index is 2.22. The van der Waals surface area contributed by atoms with E-state index in [0.717, 1.165) is 18.1 Å². The van der Waals surface area contributed by atoms with Crippen molar-refractivity contribution in [2.45, 2.75) is 162 Å². The summed E-state index contributed by atoms with van der Waals surface area (Å²) in [4.78, 5) is 58.5. The second-order valence-corrected chi connectivity index (χ2v) is 21.4. The minimum atomic E-state index is -2.21. The number of likely N-dealkylation sites (N-methyl/N-ethyl adjacent to an activating group) is 1. The predicted octanol–water partition coefficient (Wildman–Crippen LogP) is 4.93. The molecule has 14 atom stereocenters. The molecule has 3 heterocycles. The molecule has 0 amide bonds. The number of ketones is 2. The number of hydrogen-bond acceptors (Lipinski definition) is 13. The lowest BCUT2D eigenvalue weighted by atomic mass is 9.67. The number of fused-ring (bicyclic) bond motifs is 1. The highest BCUT2D eigenvalue weighted by atomic mass is 28.4. The first-order valence-corrected chi connectivity index (χ1v) is 22.4. The van der Waals surface area contributed by atoms with Gasteiger partial charge in [-0.2, -0.15) is 0 Å². The number of nitrogens with two attached hydrogens (primary N) is 1. The highest BCUT2D eigenvalue weighted by Gasteiger charge is 2.63. The van der Waals surface area contributed by atoms with Crippen molar-refractivity contribution in [3.8, 4) is 0 Å². The maximum absolute atomic E-state index is 14.6. The van der Waals surface area contributed by atoms with E-state index in [1.807, 2.05) is 21.0 Å². The van der Waals surface area contributed by atoms with Crippen LogP contribution in [0.3, 0.4) is 0 Å². The van der Waals surface area contributed by atoms with Gasteiger partial charge in [0.05, 0.1) is 17.8 Å². The van der Waals surface area contributed by atoms with Crippen LogP contribution in [-0.2, 0) is 47.3 Å². The summed E-state index contributed by atoms with van der Waals surface area (Å²) >= 11 is 0. The topological polar surface area (TPSA) is 186 Å². The van der Waals surface area contributed by atoms with Crippen LogP contribution in [0.25, 0.3) is 0 Å². The summed E-state index contributed by atoms with van der Waals surface area (Å²) in [5, 5.41) is 12.8. The number of Topliss-reactive ketones (excluding diaryl/α,β-unsaturated/α-hetero) is 2. The van der Waals surface area contributed by atoms with Crippen LogP contribution in [0, 0.1) is 35.5 Å². The van der Waals surface area contributed by atoms with Gasteiger partial charge in [-0.25, -0.2) is 0 Å². The van der Waals surface area contributed by atoms with Gasteiger partial charge < -0.3 is 44.0 Å². The number of oxime groups is 1. The van der Waals surface area contributed by atoms with E-state index in [1.165, 1.54) is 14.0 Å². The fourth-order valence-electron chi connectivity index (χ4n) is 9.41. The molecule has 15 heteroatoms. The first kappa shape index (κ1) is 46.0. The van der Waals surface area contributed by atoms with Crippen molar-refractivity contribution in [1.29, 1.82) is 0 Å². The third kappa shape index (κ3) is 8.91. The molecule has 3 aliphatic rings. The molecule has 54 heavy (non-hydrogen) atoms. The largest absolute Gasteiger partial charge is 0.458 e. The SMILES string of the molecule is CC[C@@H]1OC(=O)[C@H](C)C(=O)[C@H](C)[C@@H](O[C@@H]2O[C@@H](C)C[C@H](N(C)C)[C@H]2O[Si](CC)(CC)CC)[C@](C)(OC)C[C@@H](C)C(=O)[C@H](C)[C@H]2[C@H](/C(N)=N\O)C(=O)O[C@@]21C. The Morgan fingerprint density at radius 2 is 1.56 bits per heavy atom. The van der Waals surface area contributed by atoms with Gasteiger partial charge in [0.2, 0.25) is 0 Å². The minimum absolute atomic E-state index is 0.0525. The minimum Gasteiger partial charge on any atom is -0.458 e. The third-order valence-electron chi connectivity index (χ3n) is 13.1. The molecule has 0 bridgehead atoms. The number of ether oxygens (including phenoxy) is 5. The molecule has 310 valence electrons. The van der Waals surface area contributed by atoms with Crippen LogP contribution in [0.4, 0.5) is 0 Å². The molecular formula is C39H69N3O11Si. The maximum Gasteiger partial charge on any atom is 0.317 e. The molecule has 0 radical (unpaired) electrons. The first-order chi connectivity index (χ1) is 25.2. The van der Waals surface area contributed by atoms with Crippen LogP contribution in [0.15, 0.2) is 5.16 Å². The molecule has 0 aromatic heterocycles. The quantitative estimate of drug-likeness (QED) is 0.0547. The highest BCUT2D eigenvalue weighted by Crippen LogP contribution is 2.48. The lowest BCUT2D eigenvalue weighted by Gasteiger charge is -2.50. The zero-order valence-electron chi connectivity index (χ0n) is 35.2. The lowest BCUT2D eigenvalue weighted by Crippen LogP contribution is -2.62. The van der Waals surface area contributed by atoms with E-state index in [4.69, 9.17) is 33.8 Å². The monoisotopic (exact) mass is 783 g/mol. The fraction of sp³-hybridized carbons (Fsp3) is 0.872. The van der Waals surface area contributed by atoms with E-state index < -0.39 is 103 Å². The Bertz CT molecular complexity index is 1370. The Morgan fingerprint density at radius 1 is 0.963 bits per heavy atom. The summed E-state index contributed by atoms with van der Waals surface area (Å²) < 4.78 is 39.0. The summed E-state index contributed by atoms with van der Waals surface area (Å²) in [6.07, 6.45) is -2.62. The predicted molar refractivity (Wildman–Crippen MR) is 205 cm³/mol. The lowest BCUT2D eigenvalue weighted by molar-refractivity contribution is -0.292. The molecule has 0 saturated carbocycles. The van der Waals surface area contributed by atoms with Gasteiger partial charge >= 0.3 is 11.9 Å². The second-order valence-electron chi connectivity index (χ2n) is 16.7. The first-order valence-electron chi connectivity index (χ1n) is 19.8. The molecule has 3 aliphatic heterocycles. The molecule has 0 aromatic carbocycles. The van der Waals surface area contributed by atoms with Gasteiger partial charge in [0, 0.05) is 36.8 Å². The summed E-state index contributed by atoms with van der Waals surface area (Å²) in [6.45, 7) is 20.3. The Morgan fingerprint density at radius 3 is 2.06 bits per heavy atom. The van der Waals surface area contributed by atoms with E-state index in [2.05, 4.69) is 30.8 Å². The van der Waals surface area contributed by atoms with E-state index in [-0.39, 0.29) is 30.8 Å². The Hall–Kier alpha value is -2.43. The van der Waals surface area contributed by atoms with Gasteiger partial charge in [0.25, 0.3) is 0 Å². The van der Waals surface area contributed by atoms with E-state index >= 15 is 0 Å². The fourth-order valence-corrected chi connectivity index (χ4v) is 12.3. The number of carbonyl (C=O) groups is 4. The summed E-state index contributed by atoms with van der Waals surface area (Å²) in [7, 11) is 3.34. The summed E-state index contributed by atoms with van der Waals surface area (Å²) in [5.74, 6) is -8.72. The molecule has 3 fully saturated rings. The van der Waals surface area contributed by atoms with Crippen LogP contribution < -0.4 is 5.73 Å². The van der Waals surface area contributed by atoms with Gasteiger partial charge in [0.15, 0.2) is 31.8 Å². The molecule has 0 aromatic rings. The Labute approximate surface area is 323 Å². The molecule has 14 nitrogen and oxygen atoms in total. The van der Waals surface area contributed by atoms with E-state index in [0.29, 0.717) is 6.42 Å². The van der Waals surface area contributed by atoms with Crippen molar-refractivity contribution in [2.75, 3.05) is 21.2 Å². The number of hydrogen-bond donors (Lipinski definition) is 2. The van der Waals surface area contributed by atoms with Crippen LogP contribution in [0.2, 0.25) is 18.1 Å². The number of amidine groups is 1. The van der Waals surface area contributed by atoms with Crippen LogP contribution in [-0.4, -0.2) is 117 Å². The van der Waals surface area contributed by atoms with Crippen molar-refractivity contribution in [1.82, 2.24) is 4.90 Å². The molecule has 0 spiro atoms. The van der Waals surface area contributed by atoms with E-state index in [1.54, 1.807) is 41.5 Å². The second kappa shape index (κ2) is 18.2. The zero-order chi connectivity index (χ0) is 41.1. The average molecular weight is 784 g/mol. The van der Waals surface area contributed by atoms with Gasteiger partial charge in [0.1, 0.15) is 29.8 Å². The summed E-state index contributed by atoms with van der Waals surface area (Å²) in [6, 6.07) is 2.69. The smallest absolute Gasteiger partial charge is 0.317 e. The zero-order valence-corrected chi connectivity index (χ0v) is 36.2. The van der Waals surface area contributed by atoms with Gasteiger partial charge in [-0.1, -0.05) is 53.6 Å². The molecular weight excluding hydrogens is 715 g/mol. The molecule has 3 rings (SSSR count). The molecule has 0 unspecified atom stereocenters. The van der Waals surface area contributed by atoms with Crippen molar-refractivity contribution in [3.05, 3.63) is 0 Å². The van der Waals surface area contributed by atoms with Crippen molar-refractivity contribution < 1.29 is 52.5 Å². The van der Waals surface area contributed by atoms with Gasteiger partial charge in [-0.05, 0) is 79.2 Å². The van der Waals surface area contributed by atoms with Gasteiger partial charge in [-0.3, -0.25) is 19.2 Å². The number of cyclic esters (lactones) is 1. The van der Waals surface area contributed by atoms with Gasteiger partial charge in [-0.15, -0.1) is 0 Å². The van der Waals surface area contributed by atoms with Crippen LogP contribution >= 0.6 is 0 Å². The summed E-state index contributed by atoms with van der Waals surface area (Å²) in [5.41, 5.74) is 3.27. The maximum atomic E-state index is 14.6. The number of nitrogens with zero attached hydrogens (tertiary/aromatic N) is 2.